The number of pyridine rings is 1. The fourth-order valence-electron chi connectivity index (χ4n) is 1.54. The molecule has 112 valence electrons. The van der Waals surface area contributed by atoms with E-state index in [1.165, 1.54) is 0 Å². The van der Waals surface area contributed by atoms with E-state index in [1.54, 1.807) is 18.5 Å². The average molecular weight is 348 g/mol. The number of sulfonamides is 1. The van der Waals surface area contributed by atoms with Crippen LogP contribution in [0.15, 0.2) is 34.8 Å². The second kappa shape index (κ2) is 6.48. The molecule has 21 heavy (non-hydrogen) atoms. The molecule has 0 atom stereocenters. The highest BCUT2D eigenvalue weighted by Crippen LogP contribution is 2.35. The van der Waals surface area contributed by atoms with Crippen LogP contribution in [0.25, 0.3) is 0 Å². The minimum atomic E-state index is -3.81. The number of nitrogens with one attached hydrogen (secondary N) is 1. The summed E-state index contributed by atoms with van der Waals surface area (Å²) in [5.41, 5.74) is 0.477. The zero-order chi connectivity index (χ0) is 15.5. The molecule has 0 fully saturated rings. The van der Waals surface area contributed by atoms with E-state index >= 15 is 0 Å². The maximum atomic E-state index is 12.0. The summed E-state index contributed by atoms with van der Waals surface area (Å²) in [5.74, 6) is 0. The Morgan fingerprint density at radius 1 is 1.48 bits per heavy atom. The molecule has 1 N–H and O–H groups in total. The number of hydrogen-bond donors (Lipinski definition) is 1. The fourth-order valence-corrected chi connectivity index (χ4v) is 4.28. The van der Waals surface area contributed by atoms with Crippen molar-refractivity contribution in [3.63, 3.8) is 0 Å². The third-order valence-electron chi connectivity index (χ3n) is 2.54. The highest BCUT2D eigenvalue weighted by atomic mass is 35.5. The van der Waals surface area contributed by atoms with Gasteiger partial charge in [0.25, 0.3) is 5.69 Å². The van der Waals surface area contributed by atoms with Crippen molar-refractivity contribution in [1.82, 2.24) is 9.71 Å². The van der Waals surface area contributed by atoms with Gasteiger partial charge in [0.2, 0.25) is 10.0 Å². The Labute approximate surface area is 129 Å². The first kappa shape index (κ1) is 15.8. The van der Waals surface area contributed by atoms with Gasteiger partial charge < -0.3 is 0 Å². The topological polar surface area (TPSA) is 102 Å². The van der Waals surface area contributed by atoms with Gasteiger partial charge in [-0.2, -0.15) is 0 Å². The molecule has 2 heterocycles. The van der Waals surface area contributed by atoms with Crippen LogP contribution in [-0.4, -0.2) is 24.9 Å². The van der Waals surface area contributed by atoms with Crippen LogP contribution in [0, 0.1) is 10.1 Å². The molecule has 0 aliphatic heterocycles. The molecule has 0 saturated heterocycles. The number of aromatic nitrogens is 1. The predicted octanol–water partition coefficient (Wildman–Crippen LogP) is 2.23. The van der Waals surface area contributed by atoms with Crippen molar-refractivity contribution in [3.05, 3.63) is 50.6 Å². The average Bonchev–Trinajstić information content (AvgIpc) is 2.83. The number of hydrogen-bond acceptors (Lipinski definition) is 6. The van der Waals surface area contributed by atoms with Crippen LogP contribution >= 0.6 is 22.9 Å². The number of thiophene rings is 1. The predicted molar refractivity (Wildman–Crippen MR) is 79.1 cm³/mol. The van der Waals surface area contributed by atoms with Crippen molar-refractivity contribution < 1.29 is 13.3 Å². The molecule has 0 radical (unpaired) electrons. The molecule has 0 spiro atoms. The minimum Gasteiger partial charge on any atom is -0.264 e. The van der Waals surface area contributed by atoms with Gasteiger partial charge in [0, 0.05) is 25.0 Å². The first-order valence-electron chi connectivity index (χ1n) is 5.72. The fraction of sp³-hybridized carbons (Fsp3) is 0.182. The molecule has 2 rings (SSSR count). The molecule has 0 unspecified atom stereocenters. The largest absolute Gasteiger partial charge is 0.300 e. The Bertz CT molecular complexity index is 746. The number of rotatable bonds is 6. The van der Waals surface area contributed by atoms with Gasteiger partial charge in [0.15, 0.2) is 4.34 Å². The van der Waals surface area contributed by atoms with Gasteiger partial charge in [0.1, 0.15) is 4.21 Å². The lowest BCUT2D eigenvalue weighted by molar-refractivity contribution is -0.384. The van der Waals surface area contributed by atoms with Gasteiger partial charge in [-0.3, -0.25) is 15.1 Å². The van der Waals surface area contributed by atoms with E-state index in [9.17, 15) is 18.5 Å². The summed E-state index contributed by atoms with van der Waals surface area (Å²) in [6.45, 7) is 0.164. The number of nitrogens with zero attached hydrogens (tertiary/aromatic N) is 2. The molecule has 0 aliphatic rings. The zero-order valence-corrected chi connectivity index (χ0v) is 12.9. The standard InChI is InChI=1S/C11H10ClN3O4S2/c12-11-9(15(16)17)6-10(20-11)21(18,19)14-5-3-8-2-1-4-13-7-8/h1-2,4,6-7,14H,3,5H2. The SMILES string of the molecule is O=[N+]([O-])c1cc(S(=O)(=O)NCCc2cccnc2)sc1Cl. The molecular formula is C11H10ClN3O4S2. The second-order valence-electron chi connectivity index (χ2n) is 3.99. The van der Waals surface area contributed by atoms with Crippen LogP contribution in [0.3, 0.4) is 0 Å². The van der Waals surface area contributed by atoms with E-state index in [-0.39, 0.29) is 15.1 Å². The van der Waals surface area contributed by atoms with E-state index in [0.29, 0.717) is 17.8 Å². The van der Waals surface area contributed by atoms with E-state index in [4.69, 9.17) is 11.6 Å². The Morgan fingerprint density at radius 2 is 2.24 bits per heavy atom. The van der Waals surface area contributed by atoms with Crippen LogP contribution in [0.5, 0.6) is 0 Å². The molecular weight excluding hydrogens is 338 g/mol. The van der Waals surface area contributed by atoms with Gasteiger partial charge in [0.05, 0.1) is 4.92 Å². The van der Waals surface area contributed by atoms with E-state index in [0.717, 1.165) is 11.6 Å². The summed E-state index contributed by atoms with van der Waals surface area (Å²) in [7, 11) is -3.81. The summed E-state index contributed by atoms with van der Waals surface area (Å²) in [5, 5.41) is 10.7. The van der Waals surface area contributed by atoms with Crippen LogP contribution < -0.4 is 4.72 Å². The summed E-state index contributed by atoms with van der Waals surface area (Å²) in [6.07, 6.45) is 3.73. The Morgan fingerprint density at radius 3 is 2.81 bits per heavy atom. The van der Waals surface area contributed by atoms with Crippen LogP contribution in [-0.2, 0) is 16.4 Å². The summed E-state index contributed by atoms with van der Waals surface area (Å²) in [4.78, 5) is 13.9. The molecule has 0 aliphatic carbocycles. The molecule has 7 nitrogen and oxygen atoms in total. The minimum absolute atomic E-state index is 0.160. The smallest absolute Gasteiger partial charge is 0.264 e. The third-order valence-corrected chi connectivity index (χ3v) is 5.81. The first-order valence-corrected chi connectivity index (χ1v) is 8.40. The van der Waals surface area contributed by atoms with Gasteiger partial charge in [-0.15, -0.1) is 11.3 Å². The molecule has 0 saturated carbocycles. The van der Waals surface area contributed by atoms with Gasteiger partial charge in [-0.25, -0.2) is 13.1 Å². The number of halogens is 1. The van der Waals surface area contributed by atoms with Crippen LogP contribution in [0.2, 0.25) is 4.34 Å². The van der Waals surface area contributed by atoms with Gasteiger partial charge >= 0.3 is 0 Å². The van der Waals surface area contributed by atoms with Crippen molar-refractivity contribution in [2.24, 2.45) is 0 Å². The van der Waals surface area contributed by atoms with Crippen molar-refractivity contribution >= 4 is 38.6 Å². The maximum absolute atomic E-state index is 12.0. The summed E-state index contributed by atoms with van der Waals surface area (Å²) < 4.78 is 26.1. The zero-order valence-electron chi connectivity index (χ0n) is 10.5. The quantitative estimate of drug-likeness (QED) is 0.637. The first-order chi connectivity index (χ1) is 9.90. The molecule has 0 aromatic carbocycles. The highest BCUT2D eigenvalue weighted by Gasteiger charge is 2.24. The van der Waals surface area contributed by atoms with Gasteiger partial charge in [-0.05, 0) is 18.1 Å². The van der Waals surface area contributed by atoms with Crippen molar-refractivity contribution in [1.29, 1.82) is 0 Å². The molecule has 0 bridgehead atoms. The highest BCUT2D eigenvalue weighted by molar-refractivity contribution is 7.91. The Balaban J connectivity index is 2.05. The van der Waals surface area contributed by atoms with Crippen molar-refractivity contribution in [3.8, 4) is 0 Å². The Hall–Kier alpha value is -1.55. The van der Waals surface area contributed by atoms with E-state index in [2.05, 4.69) is 9.71 Å². The third kappa shape index (κ3) is 3.97. The second-order valence-corrected chi connectivity index (χ2v) is 7.64. The molecule has 2 aromatic heterocycles. The summed E-state index contributed by atoms with van der Waals surface area (Å²) >= 11 is 6.31. The van der Waals surface area contributed by atoms with Crippen molar-refractivity contribution in [2.75, 3.05) is 6.54 Å². The van der Waals surface area contributed by atoms with Crippen LogP contribution in [0.4, 0.5) is 5.69 Å². The summed E-state index contributed by atoms with van der Waals surface area (Å²) in [6, 6.07) is 4.54. The maximum Gasteiger partial charge on any atom is 0.300 e. The number of nitro groups is 1. The molecule has 0 amide bonds. The van der Waals surface area contributed by atoms with E-state index in [1.807, 2.05) is 6.07 Å². The van der Waals surface area contributed by atoms with E-state index < -0.39 is 20.6 Å². The molecule has 2 aromatic rings. The van der Waals surface area contributed by atoms with Crippen LogP contribution in [0.1, 0.15) is 5.56 Å². The normalized spacial score (nSPS) is 11.5. The van der Waals surface area contributed by atoms with Gasteiger partial charge in [-0.1, -0.05) is 17.7 Å². The monoisotopic (exact) mass is 347 g/mol. The molecule has 10 heteroatoms. The lowest BCUT2D eigenvalue weighted by Gasteiger charge is -2.04. The van der Waals surface area contributed by atoms with Crippen molar-refractivity contribution in [2.45, 2.75) is 10.6 Å². The lowest BCUT2D eigenvalue weighted by atomic mass is 10.2. The lowest BCUT2D eigenvalue weighted by Crippen LogP contribution is -2.25. The Kier molecular flexibility index (Phi) is 4.88.